The van der Waals surface area contributed by atoms with Crippen molar-refractivity contribution in [2.45, 2.75) is 45.7 Å². The van der Waals surface area contributed by atoms with Gasteiger partial charge < -0.3 is 5.32 Å². The van der Waals surface area contributed by atoms with E-state index in [-0.39, 0.29) is 0 Å². The summed E-state index contributed by atoms with van der Waals surface area (Å²) < 4.78 is 0. The Kier molecular flexibility index (Phi) is 6.78. The van der Waals surface area contributed by atoms with E-state index in [4.69, 9.17) is 0 Å². The Morgan fingerprint density at radius 2 is 2.25 bits per heavy atom. The monoisotopic (exact) mass is 244 g/mol. The molecule has 1 aliphatic heterocycles. The molecular weight excluding hydrogens is 216 g/mol. The summed E-state index contributed by atoms with van der Waals surface area (Å²) in [4.78, 5) is 2.71. The van der Waals surface area contributed by atoms with Gasteiger partial charge in [-0.3, -0.25) is 4.90 Å². The van der Waals surface area contributed by atoms with Crippen LogP contribution in [0.5, 0.6) is 0 Å². The van der Waals surface area contributed by atoms with E-state index >= 15 is 0 Å². The molecule has 0 aromatic rings. The summed E-state index contributed by atoms with van der Waals surface area (Å²) in [7, 11) is 0. The molecule has 0 amide bonds. The first-order valence-electron chi connectivity index (χ1n) is 6.65. The summed E-state index contributed by atoms with van der Waals surface area (Å²) in [6.45, 7) is 10.7. The smallest absolute Gasteiger partial charge is 0.0246 e. The first-order valence-corrected chi connectivity index (χ1v) is 8.04. The number of nitrogens with zero attached hydrogens (tertiary/aromatic N) is 1. The normalized spacial score (nSPS) is 29.2. The first-order chi connectivity index (χ1) is 7.69. The zero-order valence-electron chi connectivity index (χ0n) is 11.3. The van der Waals surface area contributed by atoms with Crippen molar-refractivity contribution < 1.29 is 0 Å². The molecule has 0 saturated carbocycles. The van der Waals surface area contributed by atoms with Gasteiger partial charge in [0.05, 0.1) is 0 Å². The van der Waals surface area contributed by atoms with E-state index < -0.39 is 0 Å². The minimum absolute atomic E-state index is 0.662. The second-order valence-electron chi connectivity index (χ2n) is 5.10. The Morgan fingerprint density at radius 1 is 1.50 bits per heavy atom. The van der Waals surface area contributed by atoms with Crippen LogP contribution in [0.1, 0.15) is 33.6 Å². The van der Waals surface area contributed by atoms with Gasteiger partial charge in [0, 0.05) is 25.2 Å². The topological polar surface area (TPSA) is 15.3 Å². The third-order valence-electron chi connectivity index (χ3n) is 3.75. The third-order valence-corrected chi connectivity index (χ3v) is 4.44. The van der Waals surface area contributed by atoms with Crippen LogP contribution >= 0.6 is 11.8 Å². The molecule has 1 heterocycles. The van der Waals surface area contributed by atoms with Gasteiger partial charge in [-0.2, -0.15) is 11.8 Å². The summed E-state index contributed by atoms with van der Waals surface area (Å²) >= 11 is 1.96. The third kappa shape index (κ3) is 4.27. The number of piperazine rings is 1. The maximum absolute atomic E-state index is 3.62. The molecule has 1 aliphatic rings. The molecule has 0 aliphatic carbocycles. The molecule has 2 nitrogen and oxygen atoms in total. The predicted molar refractivity (Wildman–Crippen MR) is 75.3 cm³/mol. The molecule has 1 fully saturated rings. The zero-order chi connectivity index (χ0) is 12.0. The number of hydrogen-bond acceptors (Lipinski definition) is 3. The van der Waals surface area contributed by atoms with Gasteiger partial charge in [-0.05, 0) is 37.8 Å². The molecule has 0 radical (unpaired) electrons. The van der Waals surface area contributed by atoms with E-state index in [0.29, 0.717) is 6.04 Å². The van der Waals surface area contributed by atoms with Gasteiger partial charge in [0.2, 0.25) is 0 Å². The largest absolute Gasteiger partial charge is 0.311 e. The van der Waals surface area contributed by atoms with Gasteiger partial charge >= 0.3 is 0 Å². The van der Waals surface area contributed by atoms with Gasteiger partial charge in [0.25, 0.3) is 0 Å². The Hall–Kier alpha value is 0.270. The van der Waals surface area contributed by atoms with Crippen LogP contribution in [0.4, 0.5) is 0 Å². The van der Waals surface area contributed by atoms with E-state index in [2.05, 4.69) is 37.2 Å². The predicted octanol–water partition coefficient (Wildman–Crippen LogP) is 2.45. The Bertz CT molecular complexity index is 187. The number of rotatable bonds is 6. The lowest BCUT2D eigenvalue weighted by atomic mass is 9.94. The summed E-state index contributed by atoms with van der Waals surface area (Å²) in [6, 6.07) is 1.41. The van der Waals surface area contributed by atoms with Crippen molar-refractivity contribution in [1.82, 2.24) is 10.2 Å². The highest BCUT2D eigenvalue weighted by molar-refractivity contribution is 7.98. The highest BCUT2D eigenvalue weighted by Gasteiger charge is 2.28. The zero-order valence-corrected chi connectivity index (χ0v) is 12.1. The van der Waals surface area contributed by atoms with Crippen LogP contribution in [0.3, 0.4) is 0 Å². The average molecular weight is 244 g/mol. The van der Waals surface area contributed by atoms with E-state index in [1.54, 1.807) is 0 Å². The molecule has 1 rings (SSSR count). The van der Waals surface area contributed by atoms with E-state index in [9.17, 15) is 0 Å². The van der Waals surface area contributed by atoms with E-state index in [0.717, 1.165) is 12.0 Å². The minimum Gasteiger partial charge on any atom is -0.311 e. The standard InChI is InChI=1S/C13H28N2S/c1-5-11(2)13-9-14-12(3)10-15(13)7-6-8-16-4/h11-14H,5-10H2,1-4H3. The lowest BCUT2D eigenvalue weighted by molar-refractivity contribution is 0.0962. The summed E-state index contributed by atoms with van der Waals surface area (Å²) in [5, 5.41) is 3.62. The summed E-state index contributed by atoms with van der Waals surface area (Å²) in [5.74, 6) is 2.11. The van der Waals surface area contributed by atoms with Gasteiger partial charge in [0.15, 0.2) is 0 Å². The van der Waals surface area contributed by atoms with Crippen LogP contribution in [0.2, 0.25) is 0 Å². The molecule has 0 spiro atoms. The molecule has 16 heavy (non-hydrogen) atoms. The molecule has 1 saturated heterocycles. The average Bonchev–Trinajstić information content (AvgIpc) is 2.29. The lowest BCUT2D eigenvalue weighted by Gasteiger charge is -2.42. The quantitative estimate of drug-likeness (QED) is 0.723. The van der Waals surface area contributed by atoms with Crippen LogP contribution in [-0.4, -0.2) is 48.6 Å². The maximum Gasteiger partial charge on any atom is 0.0246 e. The molecule has 0 aromatic carbocycles. The number of nitrogens with one attached hydrogen (secondary N) is 1. The molecule has 0 aromatic heterocycles. The van der Waals surface area contributed by atoms with E-state index in [1.165, 1.54) is 38.2 Å². The van der Waals surface area contributed by atoms with Crippen molar-refractivity contribution in [2.24, 2.45) is 5.92 Å². The Labute approximate surface area is 106 Å². The second-order valence-corrected chi connectivity index (χ2v) is 6.09. The summed E-state index contributed by atoms with van der Waals surface area (Å²) in [5.41, 5.74) is 0. The first kappa shape index (κ1) is 14.3. The van der Waals surface area contributed by atoms with Crippen molar-refractivity contribution in [3.05, 3.63) is 0 Å². The molecular formula is C13H28N2S. The van der Waals surface area contributed by atoms with Gasteiger partial charge in [-0.15, -0.1) is 0 Å². The van der Waals surface area contributed by atoms with Gasteiger partial charge in [0.1, 0.15) is 0 Å². The Balaban J connectivity index is 2.44. The van der Waals surface area contributed by atoms with Crippen LogP contribution in [0, 0.1) is 5.92 Å². The number of thioether (sulfide) groups is 1. The highest BCUT2D eigenvalue weighted by atomic mass is 32.2. The van der Waals surface area contributed by atoms with E-state index in [1.807, 2.05) is 11.8 Å². The van der Waals surface area contributed by atoms with Gasteiger partial charge in [-0.1, -0.05) is 20.3 Å². The van der Waals surface area contributed by atoms with Crippen LogP contribution in [-0.2, 0) is 0 Å². The highest BCUT2D eigenvalue weighted by Crippen LogP contribution is 2.18. The molecule has 0 bridgehead atoms. The molecule has 3 atom stereocenters. The molecule has 1 N–H and O–H groups in total. The van der Waals surface area contributed by atoms with Crippen molar-refractivity contribution in [3.8, 4) is 0 Å². The lowest BCUT2D eigenvalue weighted by Crippen LogP contribution is -2.57. The van der Waals surface area contributed by atoms with Crippen molar-refractivity contribution in [2.75, 3.05) is 31.6 Å². The summed E-state index contributed by atoms with van der Waals surface area (Å²) in [6.07, 6.45) is 4.83. The van der Waals surface area contributed by atoms with Crippen molar-refractivity contribution in [1.29, 1.82) is 0 Å². The Morgan fingerprint density at radius 3 is 2.88 bits per heavy atom. The molecule has 96 valence electrons. The van der Waals surface area contributed by atoms with Crippen LogP contribution in [0.15, 0.2) is 0 Å². The molecule has 3 unspecified atom stereocenters. The van der Waals surface area contributed by atoms with Gasteiger partial charge in [-0.25, -0.2) is 0 Å². The fraction of sp³-hybridized carbons (Fsp3) is 1.00. The fourth-order valence-electron chi connectivity index (χ4n) is 2.50. The van der Waals surface area contributed by atoms with Crippen LogP contribution in [0.25, 0.3) is 0 Å². The SMILES string of the molecule is CCC(C)C1CNC(C)CN1CCCSC. The second kappa shape index (κ2) is 7.57. The fourth-order valence-corrected chi connectivity index (χ4v) is 2.92. The van der Waals surface area contributed by atoms with Crippen molar-refractivity contribution in [3.63, 3.8) is 0 Å². The molecule has 3 heteroatoms. The van der Waals surface area contributed by atoms with Crippen LogP contribution < -0.4 is 5.32 Å². The van der Waals surface area contributed by atoms with Crippen molar-refractivity contribution >= 4 is 11.8 Å². The number of hydrogen-bond donors (Lipinski definition) is 1. The maximum atomic E-state index is 3.62. The minimum atomic E-state index is 0.662.